The van der Waals surface area contributed by atoms with Crippen molar-refractivity contribution in [3.63, 3.8) is 0 Å². The number of hydrogen-bond donors (Lipinski definition) is 0. The summed E-state index contributed by atoms with van der Waals surface area (Å²) in [4.78, 5) is 16.7. The molecule has 0 spiro atoms. The van der Waals surface area contributed by atoms with E-state index in [0.29, 0.717) is 42.9 Å². The van der Waals surface area contributed by atoms with Crippen molar-refractivity contribution in [2.75, 3.05) is 52.9 Å². The van der Waals surface area contributed by atoms with Crippen LogP contribution in [-0.4, -0.2) is 81.4 Å². The monoisotopic (exact) mass is 473 g/mol. The molecule has 1 aromatic rings. The molecule has 2 heterocycles. The maximum atomic E-state index is 13.1. The van der Waals surface area contributed by atoms with Crippen LogP contribution in [0.15, 0.2) is 27.6 Å². The van der Waals surface area contributed by atoms with Crippen molar-refractivity contribution in [1.29, 1.82) is 0 Å². The molecule has 0 aromatic heterocycles. The number of halogens is 1. The Morgan fingerprint density at radius 1 is 1.04 bits per heavy atom. The quantitative estimate of drug-likeness (QED) is 0.655. The fraction of sp³-hybridized carbons (Fsp3) is 0.632. The van der Waals surface area contributed by atoms with Crippen molar-refractivity contribution in [2.45, 2.75) is 30.6 Å². The van der Waals surface area contributed by atoms with Gasteiger partial charge < -0.3 is 9.64 Å². The van der Waals surface area contributed by atoms with Crippen molar-refractivity contribution in [3.8, 4) is 5.75 Å². The van der Waals surface area contributed by atoms with E-state index in [4.69, 9.17) is 4.74 Å². The number of likely N-dealkylation sites (tertiary alicyclic amines) is 1. The molecule has 0 saturated carbocycles. The molecule has 0 atom stereocenters. The molecule has 2 aliphatic heterocycles. The molecule has 0 aliphatic carbocycles. The first-order valence-electron chi connectivity index (χ1n) is 9.75. The van der Waals surface area contributed by atoms with Gasteiger partial charge in [-0.1, -0.05) is 28.8 Å². The van der Waals surface area contributed by atoms with Gasteiger partial charge in [0.15, 0.2) is 0 Å². The average Bonchev–Trinajstić information content (AvgIpc) is 2.98. The standard InChI is InChI=1S/C19H28BrN3O4S/c1-27-17-7-6-16(20)14-18(17)28(25,26)23-12-10-21(11-13-23)15-19(24)22-8-4-2-3-5-9-22/h6-7,14H,2-5,8-13,15H2,1H3. The Morgan fingerprint density at radius 2 is 1.68 bits per heavy atom. The van der Waals surface area contributed by atoms with E-state index < -0.39 is 10.0 Å². The second-order valence-corrected chi connectivity index (χ2v) is 10.1. The molecule has 0 N–H and O–H groups in total. The summed E-state index contributed by atoms with van der Waals surface area (Å²) in [6.07, 6.45) is 4.54. The molecule has 2 fully saturated rings. The van der Waals surface area contributed by atoms with E-state index in [0.717, 1.165) is 25.9 Å². The number of carbonyl (C=O) groups excluding carboxylic acids is 1. The highest BCUT2D eigenvalue weighted by Crippen LogP contribution is 2.30. The molecule has 0 unspecified atom stereocenters. The smallest absolute Gasteiger partial charge is 0.246 e. The van der Waals surface area contributed by atoms with Crippen LogP contribution < -0.4 is 4.74 Å². The van der Waals surface area contributed by atoms with Crippen LogP contribution in [-0.2, 0) is 14.8 Å². The molecule has 3 rings (SSSR count). The number of sulfonamides is 1. The highest BCUT2D eigenvalue weighted by Gasteiger charge is 2.32. The molecule has 0 radical (unpaired) electrons. The summed E-state index contributed by atoms with van der Waals surface area (Å²) in [7, 11) is -2.18. The molecular weight excluding hydrogens is 446 g/mol. The number of benzene rings is 1. The first kappa shape index (κ1) is 21.5. The first-order valence-corrected chi connectivity index (χ1v) is 12.0. The zero-order valence-corrected chi connectivity index (χ0v) is 18.7. The summed E-state index contributed by atoms with van der Waals surface area (Å²) in [6, 6.07) is 4.97. The molecule has 1 aromatic carbocycles. The van der Waals surface area contributed by atoms with Crippen LogP contribution >= 0.6 is 15.9 Å². The highest BCUT2D eigenvalue weighted by atomic mass is 79.9. The van der Waals surface area contributed by atoms with Gasteiger partial charge >= 0.3 is 0 Å². The zero-order valence-electron chi connectivity index (χ0n) is 16.3. The number of carbonyl (C=O) groups is 1. The molecule has 2 saturated heterocycles. The lowest BCUT2D eigenvalue weighted by Crippen LogP contribution is -2.51. The number of nitrogens with zero attached hydrogens (tertiary/aromatic N) is 3. The van der Waals surface area contributed by atoms with E-state index >= 15 is 0 Å². The fourth-order valence-electron chi connectivity index (χ4n) is 3.73. The molecular formula is C19H28BrN3O4S. The minimum absolute atomic E-state index is 0.159. The van der Waals surface area contributed by atoms with Crippen molar-refractivity contribution in [1.82, 2.24) is 14.1 Å². The third kappa shape index (κ3) is 5.06. The molecule has 2 aliphatic rings. The molecule has 0 bridgehead atoms. The van der Waals surface area contributed by atoms with Gasteiger partial charge in [0, 0.05) is 43.7 Å². The van der Waals surface area contributed by atoms with E-state index in [1.165, 1.54) is 24.3 Å². The Labute approximate surface area is 175 Å². The number of methoxy groups -OCH3 is 1. The maximum Gasteiger partial charge on any atom is 0.246 e. The van der Waals surface area contributed by atoms with Gasteiger partial charge in [0.1, 0.15) is 10.6 Å². The topological polar surface area (TPSA) is 70.2 Å². The summed E-state index contributed by atoms with van der Waals surface area (Å²) >= 11 is 3.33. The Hall–Kier alpha value is -1.16. The summed E-state index contributed by atoms with van der Waals surface area (Å²) in [5.41, 5.74) is 0. The Balaban J connectivity index is 1.60. The van der Waals surface area contributed by atoms with Crippen LogP contribution in [0.3, 0.4) is 0 Å². The minimum atomic E-state index is -3.65. The van der Waals surface area contributed by atoms with Crippen molar-refractivity contribution >= 4 is 31.9 Å². The van der Waals surface area contributed by atoms with Crippen LogP contribution in [0.1, 0.15) is 25.7 Å². The first-order chi connectivity index (χ1) is 13.4. The molecule has 9 heteroatoms. The van der Waals surface area contributed by atoms with Crippen LogP contribution in [0.25, 0.3) is 0 Å². The van der Waals surface area contributed by atoms with E-state index in [9.17, 15) is 13.2 Å². The van der Waals surface area contributed by atoms with Gasteiger partial charge in [-0.05, 0) is 31.0 Å². The van der Waals surface area contributed by atoms with Crippen molar-refractivity contribution in [3.05, 3.63) is 22.7 Å². The molecule has 1 amide bonds. The third-order valence-corrected chi connectivity index (χ3v) is 7.81. The second kappa shape index (κ2) is 9.56. The van der Waals surface area contributed by atoms with Gasteiger partial charge in [0.2, 0.25) is 15.9 Å². The second-order valence-electron chi connectivity index (χ2n) is 7.27. The summed E-state index contributed by atoms with van der Waals surface area (Å²) in [5, 5.41) is 0. The van der Waals surface area contributed by atoms with E-state index in [-0.39, 0.29) is 10.8 Å². The van der Waals surface area contributed by atoms with Crippen molar-refractivity contribution < 1.29 is 17.9 Å². The third-order valence-electron chi connectivity index (χ3n) is 5.39. The SMILES string of the molecule is COc1ccc(Br)cc1S(=O)(=O)N1CCN(CC(=O)N2CCCCCC2)CC1. The summed E-state index contributed by atoms with van der Waals surface area (Å²) in [5.74, 6) is 0.494. The lowest BCUT2D eigenvalue weighted by molar-refractivity contribution is -0.132. The number of rotatable bonds is 5. The van der Waals surface area contributed by atoms with E-state index in [1.54, 1.807) is 18.2 Å². The Bertz CT molecular complexity index is 786. The highest BCUT2D eigenvalue weighted by molar-refractivity contribution is 9.10. The predicted molar refractivity (Wildman–Crippen MR) is 111 cm³/mol. The van der Waals surface area contributed by atoms with Crippen LogP contribution in [0.5, 0.6) is 5.75 Å². The van der Waals surface area contributed by atoms with E-state index in [1.807, 2.05) is 4.90 Å². The van der Waals surface area contributed by atoms with Gasteiger partial charge in [-0.15, -0.1) is 0 Å². The normalized spacial score (nSPS) is 20.0. The fourth-order valence-corrected chi connectivity index (χ4v) is 5.85. The minimum Gasteiger partial charge on any atom is -0.495 e. The van der Waals surface area contributed by atoms with Crippen LogP contribution in [0.2, 0.25) is 0 Å². The Kier molecular flexibility index (Phi) is 7.36. The van der Waals surface area contributed by atoms with Gasteiger partial charge in [-0.2, -0.15) is 4.31 Å². The molecule has 156 valence electrons. The molecule has 28 heavy (non-hydrogen) atoms. The number of piperazine rings is 1. The Morgan fingerprint density at radius 3 is 2.29 bits per heavy atom. The lowest BCUT2D eigenvalue weighted by atomic mass is 10.2. The number of ether oxygens (including phenoxy) is 1. The predicted octanol–water partition coefficient (Wildman–Crippen LogP) is 2.17. The van der Waals surface area contributed by atoms with E-state index in [2.05, 4.69) is 20.8 Å². The summed E-state index contributed by atoms with van der Waals surface area (Å²) < 4.78 is 33.5. The van der Waals surface area contributed by atoms with Crippen molar-refractivity contribution in [2.24, 2.45) is 0 Å². The van der Waals surface area contributed by atoms with Crippen LogP contribution in [0.4, 0.5) is 0 Å². The lowest BCUT2D eigenvalue weighted by Gasteiger charge is -2.34. The van der Waals surface area contributed by atoms with Gasteiger partial charge in [-0.25, -0.2) is 8.42 Å². The number of hydrogen-bond acceptors (Lipinski definition) is 5. The number of amides is 1. The molecule has 7 nitrogen and oxygen atoms in total. The average molecular weight is 474 g/mol. The van der Waals surface area contributed by atoms with Gasteiger partial charge in [-0.3, -0.25) is 9.69 Å². The van der Waals surface area contributed by atoms with Gasteiger partial charge in [0.05, 0.1) is 13.7 Å². The summed E-state index contributed by atoms with van der Waals surface area (Å²) in [6.45, 7) is 3.89. The largest absolute Gasteiger partial charge is 0.495 e. The van der Waals surface area contributed by atoms with Crippen LogP contribution in [0, 0.1) is 0 Å². The van der Waals surface area contributed by atoms with Gasteiger partial charge in [0.25, 0.3) is 0 Å². The maximum absolute atomic E-state index is 13.1. The zero-order chi connectivity index (χ0) is 20.1.